The van der Waals surface area contributed by atoms with Gasteiger partial charge in [0, 0.05) is 43.6 Å². The second-order valence-electron chi connectivity index (χ2n) is 15.1. The molecule has 58 heavy (non-hydrogen) atoms. The predicted molar refractivity (Wildman–Crippen MR) is 243 cm³/mol. The summed E-state index contributed by atoms with van der Waals surface area (Å²) in [5.74, 6) is 0.923. The highest BCUT2D eigenvalue weighted by atomic mass is 32.2. The van der Waals surface area contributed by atoms with Crippen LogP contribution in [0, 0.1) is 0 Å². The molecule has 0 fully saturated rings. The van der Waals surface area contributed by atoms with E-state index in [1.165, 1.54) is 52.9 Å². The lowest BCUT2D eigenvalue weighted by molar-refractivity contribution is 0.669. The Morgan fingerprint density at radius 1 is 0.414 bits per heavy atom. The van der Waals surface area contributed by atoms with Crippen molar-refractivity contribution in [3.05, 3.63) is 188 Å². The minimum Gasteiger partial charge on any atom is -0.456 e. The third kappa shape index (κ3) is 4.62. The van der Waals surface area contributed by atoms with Crippen molar-refractivity contribution in [2.24, 2.45) is 0 Å². The van der Waals surface area contributed by atoms with Crippen LogP contribution < -0.4 is 4.90 Å². The summed E-state index contributed by atoms with van der Waals surface area (Å²) in [6.07, 6.45) is 0. The number of rotatable bonds is 3. The highest BCUT2D eigenvalue weighted by Gasteiger charge is 2.28. The quantitative estimate of drug-likeness (QED) is 0.168. The van der Waals surface area contributed by atoms with Gasteiger partial charge in [0.2, 0.25) is 0 Å². The second kappa shape index (κ2) is 12.1. The summed E-state index contributed by atoms with van der Waals surface area (Å²) >= 11 is 1.84. The summed E-state index contributed by atoms with van der Waals surface area (Å²) in [4.78, 5) is 9.91. The number of hydrogen-bond donors (Lipinski definition) is 0. The molecule has 0 atom stereocenters. The Bertz CT molecular complexity index is 3660. The van der Waals surface area contributed by atoms with Gasteiger partial charge in [-0.2, -0.15) is 0 Å². The van der Waals surface area contributed by atoms with Crippen LogP contribution in [0.15, 0.2) is 202 Å². The van der Waals surface area contributed by atoms with Crippen LogP contribution >= 0.6 is 11.8 Å². The van der Waals surface area contributed by atoms with E-state index in [-0.39, 0.29) is 0 Å². The molecule has 0 unspecified atom stereocenters. The zero-order valence-corrected chi connectivity index (χ0v) is 31.9. The first-order chi connectivity index (χ1) is 28.7. The zero-order chi connectivity index (χ0) is 37.9. The molecule has 3 heterocycles. The molecule has 1 aliphatic rings. The molecule has 2 aromatic heterocycles. The molecule has 10 aromatic carbocycles. The lowest BCUT2D eigenvalue weighted by atomic mass is 9.93. The van der Waals surface area contributed by atoms with Gasteiger partial charge in [-0.25, -0.2) is 4.98 Å². The Kier molecular flexibility index (Phi) is 6.63. The van der Waals surface area contributed by atoms with Crippen LogP contribution in [0.2, 0.25) is 0 Å². The van der Waals surface area contributed by atoms with E-state index in [1.807, 2.05) is 17.8 Å². The van der Waals surface area contributed by atoms with Crippen molar-refractivity contribution in [1.29, 1.82) is 0 Å². The molecule has 5 heteroatoms. The number of nitrogens with zero attached hydrogens (tertiary/aromatic N) is 3. The highest BCUT2D eigenvalue weighted by Crippen LogP contribution is 2.54. The molecule has 13 rings (SSSR count). The van der Waals surface area contributed by atoms with Crippen molar-refractivity contribution in [1.82, 2.24) is 9.55 Å². The van der Waals surface area contributed by atoms with Crippen LogP contribution in [0.25, 0.3) is 93.1 Å². The molecular formula is C53H31N3OS. The van der Waals surface area contributed by atoms with Crippen LogP contribution in [0.5, 0.6) is 0 Å². The third-order valence-electron chi connectivity index (χ3n) is 11.9. The normalized spacial score (nSPS) is 12.7. The van der Waals surface area contributed by atoms with E-state index < -0.39 is 0 Å². The molecule has 0 aliphatic carbocycles. The molecule has 0 N–H and O–H groups in total. The van der Waals surface area contributed by atoms with Gasteiger partial charge < -0.3 is 9.32 Å². The van der Waals surface area contributed by atoms with Gasteiger partial charge >= 0.3 is 0 Å². The molecule has 0 saturated carbocycles. The topological polar surface area (TPSA) is 34.2 Å². The highest BCUT2D eigenvalue weighted by molar-refractivity contribution is 7.99. The lowest BCUT2D eigenvalue weighted by Gasteiger charge is -2.33. The van der Waals surface area contributed by atoms with E-state index in [2.05, 4.69) is 191 Å². The summed E-state index contributed by atoms with van der Waals surface area (Å²) in [5.41, 5.74) is 9.29. The summed E-state index contributed by atoms with van der Waals surface area (Å²) in [6, 6.07) is 67.7. The summed E-state index contributed by atoms with van der Waals surface area (Å²) in [6.45, 7) is 0. The fourth-order valence-corrected chi connectivity index (χ4v) is 10.4. The van der Waals surface area contributed by atoms with Gasteiger partial charge in [0.15, 0.2) is 0 Å². The largest absolute Gasteiger partial charge is 0.456 e. The van der Waals surface area contributed by atoms with E-state index >= 15 is 0 Å². The van der Waals surface area contributed by atoms with Crippen molar-refractivity contribution in [3.8, 4) is 17.1 Å². The van der Waals surface area contributed by atoms with E-state index in [4.69, 9.17) is 9.40 Å². The van der Waals surface area contributed by atoms with Gasteiger partial charge in [-0.1, -0.05) is 127 Å². The Labute approximate surface area is 337 Å². The Hall–Kier alpha value is -7.34. The molecule has 0 bridgehead atoms. The van der Waals surface area contributed by atoms with Crippen molar-refractivity contribution in [2.45, 2.75) is 9.79 Å². The van der Waals surface area contributed by atoms with Crippen molar-refractivity contribution < 1.29 is 4.42 Å². The van der Waals surface area contributed by atoms with Gasteiger partial charge in [0.05, 0.1) is 22.4 Å². The van der Waals surface area contributed by atoms with Crippen LogP contribution in [-0.2, 0) is 0 Å². The van der Waals surface area contributed by atoms with E-state index in [1.54, 1.807) is 0 Å². The van der Waals surface area contributed by atoms with Crippen molar-refractivity contribution in [3.63, 3.8) is 0 Å². The number of benzene rings is 10. The summed E-state index contributed by atoms with van der Waals surface area (Å²) in [7, 11) is 0. The maximum absolute atomic E-state index is 6.85. The predicted octanol–water partition coefficient (Wildman–Crippen LogP) is 15.1. The van der Waals surface area contributed by atoms with E-state index in [0.29, 0.717) is 0 Å². The SMILES string of the molecule is c1ccc(-c2nc3ccccc3n2-c2ccc(N3c4cc5ccccc5cc4Sc4cc5c(cc43)oc3cc4c6ccccc6c6ccccc6c4cc35)cc2)cc1. The zero-order valence-electron chi connectivity index (χ0n) is 31.1. The average Bonchev–Trinajstić information content (AvgIpc) is 3.84. The average molecular weight is 758 g/mol. The van der Waals surface area contributed by atoms with Gasteiger partial charge in [0.25, 0.3) is 0 Å². The van der Waals surface area contributed by atoms with Crippen LogP contribution in [0.4, 0.5) is 17.1 Å². The lowest BCUT2D eigenvalue weighted by Crippen LogP contribution is -2.15. The smallest absolute Gasteiger partial charge is 0.145 e. The molecule has 4 nitrogen and oxygen atoms in total. The van der Waals surface area contributed by atoms with Crippen molar-refractivity contribution in [2.75, 3.05) is 4.90 Å². The maximum atomic E-state index is 6.85. The first kappa shape index (κ1) is 31.8. The van der Waals surface area contributed by atoms with E-state index in [9.17, 15) is 0 Å². The fourth-order valence-electron chi connectivity index (χ4n) is 9.25. The first-order valence-electron chi connectivity index (χ1n) is 19.6. The minimum atomic E-state index is 0.876. The van der Waals surface area contributed by atoms with Gasteiger partial charge in [-0.3, -0.25) is 4.57 Å². The molecule has 0 amide bonds. The van der Waals surface area contributed by atoms with Crippen LogP contribution in [0.3, 0.4) is 0 Å². The van der Waals surface area contributed by atoms with Crippen molar-refractivity contribution >= 4 is 105 Å². The monoisotopic (exact) mass is 757 g/mol. The number of aromatic nitrogens is 2. The van der Waals surface area contributed by atoms with Gasteiger partial charge in [-0.05, 0) is 110 Å². The summed E-state index contributed by atoms with van der Waals surface area (Å²) < 4.78 is 9.12. The van der Waals surface area contributed by atoms with Crippen LogP contribution in [-0.4, -0.2) is 9.55 Å². The standard InChI is InChI=1S/C53H31N3OS/c1-2-12-32(13-3-1)53-54-45-20-10-11-21-46(45)56(53)36-24-22-35(23-25-36)55-47-26-33-14-4-5-15-34(33)27-51(47)58-52-30-44-43-28-41-39-18-8-6-16-37(39)38-17-7-9-19-40(38)42(41)29-49(43)57-50(44)31-48(52)55/h1-31H. The number of para-hydroxylation sites is 2. The Morgan fingerprint density at radius 3 is 1.72 bits per heavy atom. The Morgan fingerprint density at radius 2 is 0.966 bits per heavy atom. The molecule has 1 aliphatic heterocycles. The third-order valence-corrected chi connectivity index (χ3v) is 13.0. The number of fused-ring (bicyclic) bond motifs is 13. The molecule has 0 spiro atoms. The van der Waals surface area contributed by atoms with Gasteiger partial charge in [-0.15, -0.1) is 0 Å². The summed E-state index contributed by atoms with van der Waals surface area (Å²) in [5, 5.41) is 12.2. The van der Waals surface area contributed by atoms with Crippen LogP contribution in [0.1, 0.15) is 0 Å². The fraction of sp³-hybridized carbons (Fsp3) is 0. The molecule has 270 valence electrons. The number of anilines is 3. The first-order valence-corrected chi connectivity index (χ1v) is 20.4. The number of hydrogen-bond acceptors (Lipinski definition) is 4. The van der Waals surface area contributed by atoms with E-state index in [0.717, 1.165) is 67.1 Å². The number of imidazole rings is 1. The molecule has 0 radical (unpaired) electrons. The second-order valence-corrected chi connectivity index (χ2v) is 16.2. The maximum Gasteiger partial charge on any atom is 0.145 e. The minimum absolute atomic E-state index is 0.876. The molecule has 12 aromatic rings. The number of furan rings is 1. The Balaban J connectivity index is 1.02. The molecular weight excluding hydrogens is 727 g/mol. The molecule has 0 saturated heterocycles. The van der Waals surface area contributed by atoms with Gasteiger partial charge in [0.1, 0.15) is 17.0 Å².